The Bertz CT molecular complexity index is 1090. The number of rotatable bonds is 5. The second kappa shape index (κ2) is 8.03. The first-order chi connectivity index (χ1) is 16.7. The summed E-state index contributed by atoms with van der Waals surface area (Å²) in [5.41, 5.74) is 0.0159. The molecule has 1 unspecified atom stereocenters. The Balaban J connectivity index is 1.33. The Morgan fingerprint density at radius 3 is 2.69 bits per heavy atom. The number of phenols is 1. The molecule has 0 aromatic heterocycles. The van der Waals surface area contributed by atoms with Crippen LogP contribution >= 0.6 is 0 Å². The van der Waals surface area contributed by atoms with Gasteiger partial charge in [0.1, 0.15) is 17.6 Å². The molecular weight excluding hydrogens is 448 g/mol. The van der Waals surface area contributed by atoms with Crippen molar-refractivity contribution < 1.29 is 29.7 Å². The topological polar surface area (TPSA) is 118 Å². The van der Waals surface area contributed by atoms with Crippen LogP contribution in [0.25, 0.3) is 0 Å². The average Bonchev–Trinajstić information content (AvgIpc) is 3.47. The standard InChI is InChI=1S/C27H34N2O6/c30-19-6-5-17-10-23-27(35)13-18(11-24(32)29-8-1-2-21(29)25(33)34)22(31)14-26(27,20(17)12-19)7-9-28(23)15-16-3-4-16/h5-6,12,16,18,21,23,30,35H,1-4,7-11,13-15H2,(H,33,34)/t18?,21-,23+,26+,27+/m0/s1. The lowest BCUT2D eigenvalue weighted by Gasteiger charge is -2.64. The molecule has 4 fully saturated rings. The zero-order chi connectivity index (χ0) is 24.5. The number of piperidine rings is 1. The van der Waals surface area contributed by atoms with Crippen LogP contribution in [0.4, 0.5) is 0 Å². The van der Waals surface area contributed by atoms with E-state index in [1.54, 1.807) is 12.1 Å². The van der Waals surface area contributed by atoms with E-state index in [2.05, 4.69) is 4.90 Å². The Morgan fingerprint density at radius 1 is 1.14 bits per heavy atom. The second-order valence-electron chi connectivity index (χ2n) is 11.6. The van der Waals surface area contributed by atoms with Gasteiger partial charge in [0.05, 0.1) is 5.60 Å². The maximum absolute atomic E-state index is 13.5. The molecule has 2 aliphatic heterocycles. The molecule has 1 aromatic rings. The number of phenolic OH excluding ortho intramolecular Hbond substituents is 1. The van der Waals surface area contributed by atoms with Crippen LogP contribution in [0.5, 0.6) is 5.75 Å². The highest BCUT2D eigenvalue weighted by Gasteiger charge is 2.66. The minimum Gasteiger partial charge on any atom is -0.508 e. The first kappa shape index (κ1) is 23.0. The summed E-state index contributed by atoms with van der Waals surface area (Å²) in [5.74, 6) is -1.17. The minimum atomic E-state index is -1.18. The van der Waals surface area contributed by atoms with E-state index >= 15 is 0 Å². The number of carbonyl (C=O) groups is 3. The van der Waals surface area contributed by atoms with Crippen molar-refractivity contribution in [1.29, 1.82) is 0 Å². The van der Waals surface area contributed by atoms with Gasteiger partial charge in [-0.2, -0.15) is 0 Å². The lowest BCUT2D eigenvalue weighted by Crippen LogP contribution is -2.74. The quantitative estimate of drug-likeness (QED) is 0.586. The van der Waals surface area contributed by atoms with Crippen molar-refractivity contribution in [3.8, 4) is 5.75 Å². The van der Waals surface area contributed by atoms with Crippen LogP contribution in [0.15, 0.2) is 18.2 Å². The number of aromatic hydroxyl groups is 1. The molecule has 1 aromatic carbocycles. The molecule has 2 saturated carbocycles. The summed E-state index contributed by atoms with van der Waals surface area (Å²) in [7, 11) is 0. The summed E-state index contributed by atoms with van der Waals surface area (Å²) < 4.78 is 0. The highest BCUT2D eigenvalue weighted by Crippen LogP contribution is 2.59. The van der Waals surface area contributed by atoms with Crippen LogP contribution in [-0.4, -0.2) is 80.1 Å². The zero-order valence-electron chi connectivity index (χ0n) is 20.0. The molecule has 8 heteroatoms. The summed E-state index contributed by atoms with van der Waals surface area (Å²) in [6.45, 7) is 2.15. The van der Waals surface area contributed by atoms with Crippen LogP contribution in [0.1, 0.15) is 62.5 Å². The first-order valence-corrected chi connectivity index (χ1v) is 13.1. The van der Waals surface area contributed by atoms with E-state index in [4.69, 9.17) is 0 Å². The summed E-state index contributed by atoms with van der Waals surface area (Å²) in [5, 5.41) is 32.3. The number of carbonyl (C=O) groups excluding carboxylic acids is 2. The molecule has 188 valence electrons. The predicted octanol–water partition coefficient (Wildman–Crippen LogP) is 1.85. The van der Waals surface area contributed by atoms with Crippen molar-refractivity contribution in [2.75, 3.05) is 19.6 Å². The SMILES string of the molecule is O=C1C[C@]23CCN(CC4CC4)[C@H](Cc4ccc(O)cc42)[C@]3(O)CC1CC(=O)N1CCC[C@H]1C(=O)O. The number of hydrogen-bond acceptors (Lipinski definition) is 6. The molecule has 35 heavy (non-hydrogen) atoms. The minimum absolute atomic E-state index is 0.0420. The van der Waals surface area contributed by atoms with Gasteiger partial charge in [-0.05, 0) is 80.7 Å². The van der Waals surface area contributed by atoms with Gasteiger partial charge in [0, 0.05) is 43.3 Å². The lowest BCUT2D eigenvalue weighted by molar-refractivity contribution is -0.183. The fourth-order valence-corrected chi connectivity index (χ4v) is 7.68. The van der Waals surface area contributed by atoms with E-state index < -0.39 is 28.9 Å². The Labute approximate surface area is 204 Å². The van der Waals surface area contributed by atoms with Crippen molar-refractivity contribution in [2.45, 2.75) is 80.9 Å². The van der Waals surface area contributed by atoms with Gasteiger partial charge >= 0.3 is 5.97 Å². The van der Waals surface area contributed by atoms with Crippen molar-refractivity contribution in [1.82, 2.24) is 9.80 Å². The third-order valence-electron chi connectivity index (χ3n) is 9.63. The van der Waals surface area contributed by atoms with E-state index in [0.29, 0.717) is 38.1 Å². The molecular formula is C27H34N2O6. The van der Waals surface area contributed by atoms with Crippen LogP contribution in [0.2, 0.25) is 0 Å². The van der Waals surface area contributed by atoms with E-state index in [0.717, 1.165) is 24.2 Å². The number of nitrogens with zero attached hydrogens (tertiary/aromatic N) is 2. The summed E-state index contributed by atoms with van der Waals surface area (Å²) in [6.07, 6.45) is 5.10. The summed E-state index contributed by atoms with van der Waals surface area (Å²) in [6, 6.07) is 4.38. The first-order valence-electron chi connectivity index (χ1n) is 13.1. The molecule has 5 aliphatic rings. The van der Waals surface area contributed by atoms with Gasteiger partial charge < -0.3 is 20.2 Å². The van der Waals surface area contributed by atoms with Gasteiger partial charge in [0.2, 0.25) is 5.91 Å². The molecule has 2 saturated heterocycles. The van der Waals surface area contributed by atoms with E-state index in [1.165, 1.54) is 17.7 Å². The van der Waals surface area contributed by atoms with Gasteiger partial charge in [-0.25, -0.2) is 4.79 Å². The number of hydrogen-bond donors (Lipinski definition) is 3. The Morgan fingerprint density at radius 2 is 1.94 bits per heavy atom. The molecule has 1 amide bonds. The summed E-state index contributed by atoms with van der Waals surface area (Å²) in [4.78, 5) is 42.1. The van der Waals surface area contributed by atoms with Gasteiger partial charge in [-0.15, -0.1) is 0 Å². The third kappa shape index (κ3) is 3.51. The molecule has 8 nitrogen and oxygen atoms in total. The van der Waals surface area contributed by atoms with E-state index in [1.807, 2.05) is 6.07 Å². The van der Waals surface area contributed by atoms with Gasteiger partial charge in [-0.1, -0.05) is 6.07 Å². The maximum atomic E-state index is 13.5. The maximum Gasteiger partial charge on any atom is 0.326 e. The van der Waals surface area contributed by atoms with Gasteiger partial charge in [0.15, 0.2) is 0 Å². The lowest BCUT2D eigenvalue weighted by atomic mass is 9.47. The molecule has 2 bridgehead atoms. The largest absolute Gasteiger partial charge is 0.508 e. The summed E-state index contributed by atoms with van der Waals surface area (Å²) >= 11 is 0. The second-order valence-corrected chi connectivity index (χ2v) is 11.6. The fraction of sp³-hybridized carbons (Fsp3) is 0.667. The number of likely N-dealkylation sites (tertiary alicyclic amines) is 2. The molecule has 2 heterocycles. The molecule has 0 radical (unpaired) electrons. The van der Waals surface area contributed by atoms with Crippen molar-refractivity contribution in [3.05, 3.63) is 29.3 Å². The molecule has 3 aliphatic carbocycles. The zero-order valence-corrected chi connectivity index (χ0v) is 20.0. The van der Waals surface area contributed by atoms with Crippen LogP contribution in [0, 0.1) is 11.8 Å². The average molecular weight is 483 g/mol. The van der Waals surface area contributed by atoms with Crippen LogP contribution < -0.4 is 0 Å². The molecule has 6 rings (SSSR count). The highest BCUT2D eigenvalue weighted by atomic mass is 16.4. The number of benzene rings is 1. The number of carboxylic acid groups (broad SMARTS) is 1. The number of ketones is 1. The van der Waals surface area contributed by atoms with Crippen molar-refractivity contribution >= 4 is 17.7 Å². The number of fused-ring (bicyclic) bond motifs is 1. The molecule has 3 N–H and O–H groups in total. The Kier molecular flexibility index (Phi) is 5.27. The van der Waals surface area contributed by atoms with Gasteiger partial charge in [0.25, 0.3) is 0 Å². The normalized spacial score (nSPS) is 36.5. The monoisotopic (exact) mass is 482 g/mol. The molecule has 0 spiro atoms. The number of Topliss-reactive ketones (excluding diaryl/α,β-unsaturated/α-hetero) is 1. The predicted molar refractivity (Wildman–Crippen MR) is 126 cm³/mol. The van der Waals surface area contributed by atoms with Crippen molar-refractivity contribution in [3.63, 3.8) is 0 Å². The number of aliphatic carboxylic acids is 1. The van der Waals surface area contributed by atoms with Gasteiger partial charge in [-0.3, -0.25) is 14.5 Å². The molecule has 5 atom stereocenters. The van der Waals surface area contributed by atoms with Crippen LogP contribution in [-0.2, 0) is 26.2 Å². The number of aliphatic hydroxyl groups is 1. The highest BCUT2D eigenvalue weighted by molar-refractivity contribution is 5.91. The van der Waals surface area contributed by atoms with E-state index in [-0.39, 0.29) is 42.7 Å². The number of amides is 1. The van der Waals surface area contributed by atoms with Crippen molar-refractivity contribution in [2.24, 2.45) is 11.8 Å². The van der Waals surface area contributed by atoms with Crippen LogP contribution in [0.3, 0.4) is 0 Å². The Hall–Kier alpha value is -2.45. The number of carboxylic acids is 1. The smallest absolute Gasteiger partial charge is 0.326 e. The fourth-order valence-electron chi connectivity index (χ4n) is 7.68. The third-order valence-corrected chi connectivity index (χ3v) is 9.63. The van der Waals surface area contributed by atoms with E-state index in [9.17, 15) is 29.7 Å².